The number of pyridine rings is 2. The number of hydrogen-bond acceptors (Lipinski definition) is 7. The second-order valence-electron chi connectivity index (χ2n) is 11.7. The van der Waals surface area contributed by atoms with E-state index in [4.69, 9.17) is 14.5 Å². The zero-order chi connectivity index (χ0) is 29.4. The number of aryl methyl sites for hydroxylation is 1. The summed E-state index contributed by atoms with van der Waals surface area (Å²) in [5.74, 6) is -1.31. The molecule has 0 radical (unpaired) electrons. The largest absolute Gasteiger partial charge is 0.458 e. The molecule has 3 aliphatic rings. The molecule has 3 aromatic rings. The summed E-state index contributed by atoms with van der Waals surface area (Å²) < 4.78 is 27.6. The number of benzene rings is 1. The minimum Gasteiger partial charge on any atom is -0.458 e. The SMILES string of the molecule is CC[C@@]1(O)C(=O)OCc2c1cc1n(c2=O)Cc2c-1nc1cc(F)c(C)c3c1c2[C@@H](NC(=O)CC(C)OC(C)C)CC3. The molecule has 3 atom stereocenters. The summed E-state index contributed by atoms with van der Waals surface area (Å²) in [5, 5.41) is 15.2. The third-order valence-corrected chi connectivity index (χ3v) is 8.69. The summed E-state index contributed by atoms with van der Waals surface area (Å²) >= 11 is 0. The summed E-state index contributed by atoms with van der Waals surface area (Å²) in [4.78, 5) is 44.3. The van der Waals surface area contributed by atoms with Crippen molar-refractivity contribution < 1.29 is 28.6 Å². The second kappa shape index (κ2) is 9.73. The maximum atomic E-state index is 15.1. The number of carbonyl (C=O) groups excluding carboxylic acids is 2. The lowest BCUT2D eigenvalue weighted by Gasteiger charge is -2.31. The van der Waals surface area contributed by atoms with Crippen LogP contribution in [0.5, 0.6) is 0 Å². The van der Waals surface area contributed by atoms with Crippen LogP contribution in [0.15, 0.2) is 16.9 Å². The predicted octanol–water partition coefficient (Wildman–Crippen LogP) is 3.83. The Morgan fingerprint density at radius 1 is 1.27 bits per heavy atom. The predicted molar refractivity (Wildman–Crippen MR) is 149 cm³/mol. The van der Waals surface area contributed by atoms with Crippen LogP contribution < -0.4 is 10.9 Å². The Morgan fingerprint density at radius 2 is 2.02 bits per heavy atom. The Morgan fingerprint density at radius 3 is 2.73 bits per heavy atom. The van der Waals surface area contributed by atoms with Crippen molar-refractivity contribution in [2.75, 3.05) is 0 Å². The molecule has 2 aromatic heterocycles. The monoisotopic (exact) mass is 563 g/mol. The van der Waals surface area contributed by atoms with Crippen molar-refractivity contribution >= 4 is 22.8 Å². The molecule has 6 rings (SSSR count). The average molecular weight is 564 g/mol. The fourth-order valence-corrected chi connectivity index (χ4v) is 6.73. The molecule has 216 valence electrons. The van der Waals surface area contributed by atoms with Crippen molar-refractivity contribution in [2.45, 2.75) is 97.3 Å². The van der Waals surface area contributed by atoms with Crippen molar-refractivity contribution in [3.63, 3.8) is 0 Å². The van der Waals surface area contributed by atoms with Gasteiger partial charge in [-0.2, -0.15) is 0 Å². The van der Waals surface area contributed by atoms with Crippen LogP contribution in [-0.2, 0) is 44.2 Å². The van der Waals surface area contributed by atoms with Gasteiger partial charge in [0.1, 0.15) is 12.4 Å². The number of carbonyl (C=O) groups is 2. The first-order valence-electron chi connectivity index (χ1n) is 14.2. The van der Waals surface area contributed by atoms with Crippen LogP contribution >= 0.6 is 0 Å². The molecule has 2 N–H and O–H groups in total. The van der Waals surface area contributed by atoms with Crippen molar-refractivity contribution in [3.8, 4) is 11.4 Å². The number of hydrogen-bond donors (Lipinski definition) is 2. The number of aliphatic hydroxyl groups is 1. The van der Waals surface area contributed by atoms with Gasteiger partial charge >= 0.3 is 5.97 Å². The zero-order valence-electron chi connectivity index (χ0n) is 23.9. The second-order valence-corrected chi connectivity index (χ2v) is 11.7. The molecule has 0 spiro atoms. The Labute approximate surface area is 236 Å². The fourth-order valence-electron chi connectivity index (χ4n) is 6.73. The number of nitrogens with zero attached hydrogens (tertiary/aromatic N) is 2. The van der Waals surface area contributed by atoms with Crippen LogP contribution in [0, 0.1) is 12.7 Å². The van der Waals surface area contributed by atoms with Crippen molar-refractivity contribution in [3.05, 3.63) is 61.7 Å². The fraction of sp³-hybridized carbons (Fsp3) is 0.484. The maximum Gasteiger partial charge on any atom is 0.343 e. The Hall–Kier alpha value is -3.63. The van der Waals surface area contributed by atoms with Crippen molar-refractivity contribution in [2.24, 2.45) is 0 Å². The number of aromatic nitrogens is 2. The Kier molecular flexibility index (Phi) is 6.54. The normalized spacial score (nSPS) is 21.4. The van der Waals surface area contributed by atoms with Gasteiger partial charge in [0.2, 0.25) is 5.91 Å². The Bertz CT molecular complexity index is 1700. The van der Waals surface area contributed by atoms with E-state index in [9.17, 15) is 19.5 Å². The van der Waals surface area contributed by atoms with Gasteiger partial charge in [-0.15, -0.1) is 0 Å². The molecule has 1 unspecified atom stereocenters. The minimum atomic E-state index is -1.95. The van der Waals surface area contributed by atoms with Gasteiger partial charge in [0.15, 0.2) is 5.60 Å². The lowest BCUT2D eigenvalue weighted by molar-refractivity contribution is -0.172. The molecule has 1 aromatic carbocycles. The number of ether oxygens (including phenoxy) is 2. The van der Waals surface area contributed by atoms with Gasteiger partial charge in [-0.1, -0.05) is 6.92 Å². The average Bonchev–Trinajstić information content (AvgIpc) is 3.28. The summed E-state index contributed by atoms with van der Waals surface area (Å²) in [6, 6.07) is 2.67. The summed E-state index contributed by atoms with van der Waals surface area (Å²) in [5.41, 5.74) is 2.51. The summed E-state index contributed by atoms with van der Waals surface area (Å²) in [6.07, 6.45) is 1.09. The van der Waals surface area contributed by atoms with Crippen LogP contribution in [-0.4, -0.2) is 38.7 Å². The number of cyclic esters (lactones) is 1. The lowest BCUT2D eigenvalue weighted by atomic mass is 9.81. The molecule has 4 heterocycles. The number of halogens is 1. The van der Waals surface area contributed by atoms with Gasteiger partial charge < -0.3 is 24.5 Å². The molecule has 0 saturated heterocycles. The molecule has 9 nitrogen and oxygen atoms in total. The van der Waals surface area contributed by atoms with E-state index < -0.39 is 11.6 Å². The first kappa shape index (κ1) is 27.5. The van der Waals surface area contributed by atoms with E-state index in [2.05, 4.69) is 5.32 Å². The maximum absolute atomic E-state index is 15.1. The molecular weight excluding hydrogens is 529 g/mol. The molecule has 10 heteroatoms. The highest BCUT2D eigenvalue weighted by Gasteiger charge is 2.46. The molecule has 0 bridgehead atoms. The molecule has 0 saturated carbocycles. The van der Waals surface area contributed by atoms with Crippen LogP contribution in [0.2, 0.25) is 0 Å². The third kappa shape index (κ3) is 4.18. The highest BCUT2D eigenvalue weighted by Crippen LogP contribution is 2.46. The number of esters is 1. The van der Waals surface area contributed by atoms with Crippen LogP contribution in [0.1, 0.15) is 86.4 Å². The van der Waals surface area contributed by atoms with E-state index >= 15 is 4.39 Å². The highest BCUT2D eigenvalue weighted by atomic mass is 19.1. The molecule has 41 heavy (non-hydrogen) atoms. The van der Waals surface area contributed by atoms with E-state index in [0.717, 1.165) is 22.1 Å². The third-order valence-electron chi connectivity index (χ3n) is 8.69. The molecule has 1 amide bonds. The topological polar surface area (TPSA) is 120 Å². The molecule has 0 fully saturated rings. The van der Waals surface area contributed by atoms with E-state index in [0.29, 0.717) is 35.3 Å². The first-order valence-corrected chi connectivity index (χ1v) is 14.2. The molecule has 2 aliphatic heterocycles. The van der Waals surface area contributed by atoms with Crippen LogP contribution in [0.4, 0.5) is 4.39 Å². The smallest absolute Gasteiger partial charge is 0.343 e. The number of fused-ring (bicyclic) bond motifs is 5. The molecular formula is C31H34FN3O6. The molecule has 1 aliphatic carbocycles. The number of amides is 1. The van der Waals surface area contributed by atoms with Crippen molar-refractivity contribution in [1.29, 1.82) is 0 Å². The lowest BCUT2D eigenvalue weighted by Crippen LogP contribution is -2.44. The van der Waals surface area contributed by atoms with E-state index in [1.807, 2.05) is 20.8 Å². The van der Waals surface area contributed by atoms with Gasteiger partial charge in [0.25, 0.3) is 5.56 Å². The summed E-state index contributed by atoms with van der Waals surface area (Å²) in [6.45, 7) is 9.08. The zero-order valence-corrected chi connectivity index (χ0v) is 23.9. The van der Waals surface area contributed by atoms with Gasteiger partial charge in [-0.25, -0.2) is 14.2 Å². The van der Waals surface area contributed by atoms with Crippen LogP contribution in [0.3, 0.4) is 0 Å². The quantitative estimate of drug-likeness (QED) is 0.342. The highest BCUT2D eigenvalue weighted by molar-refractivity contribution is 5.94. The number of nitrogens with one attached hydrogen (secondary N) is 1. The van der Waals surface area contributed by atoms with Crippen LogP contribution in [0.25, 0.3) is 22.3 Å². The Balaban J connectivity index is 1.52. The van der Waals surface area contributed by atoms with Gasteiger partial charge in [0, 0.05) is 22.6 Å². The van der Waals surface area contributed by atoms with Gasteiger partial charge in [-0.05, 0) is 69.7 Å². The number of rotatable bonds is 6. The first-order chi connectivity index (χ1) is 19.4. The van der Waals surface area contributed by atoms with E-state index in [1.165, 1.54) is 6.07 Å². The van der Waals surface area contributed by atoms with Crippen molar-refractivity contribution in [1.82, 2.24) is 14.9 Å². The van der Waals surface area contributed by atoms with E-state index in [-0.39, 0.29) is 72.7 Å². The summed E-state index contributed by atoms with van der Waals surface area (Å²) in [7, 11) is 0. The van der Waals surface area contributed by atoms with Gasteiger partial charge in [0.05, 0.1) is 53.7 Å². The minimum absolute atomic E-state index is 0.00554. The van der Waals surface area contributed by atoms with E-state index in [1.54, 1.807) is 24.5 Å². The van der Waals surface area contributed by atoms with Gasteiger partial charge in [-0.3, -0.25) is 9.59 Å². The standard InChI is InChI=1S/C31H34FN3O6/c1-6-31(39)20-10-24-28-18(12-35(24)29(37)19(20)13-40-30(31)38)27-22(33-25(36)9-15(4)41-14(2)3)8-7-17-16(5)21(32)11-23(34-28)26(17)27/h10-11,14-15,22,39H,6-9,12-13H2,1-5H3,(H,33,36)/t15?,22-,31-/m0/s1.